The molecule has 0 bridgehead atoms. The van der Waals surface area contributed by atoms with Gasteiger partial charge >= 0.3 is 31.3 Å². The predicted octanol–water partition coefficient (Wildman–Crippen LogP) is -2.73. The molecule has 21 heteroatoms. The smallest absolute Gasteiger partial charge is 0.387 e. The van der Waals surface area contributed by atoms with E-state index >= 15 is 0 Å². The molecule has 1 aliphatic rings. The Morgan fingerprint density at radius 3 is 0.846 bits per heavy atom. The van der Waals surface area contributed by atoms with Crippen LogP contribution in [0.15, 0.2) is 0 Å². The summed E-state index contributed by atoms with van der Waals surface area (Å²) in [4.78, 5) is 70.5. The molecule has 0 saturated heterocycles. The van der Waals surface area contributed by atoms with Crippen molar-refractivity contribution in [3.63, 3.8) is 0 Å². The first-order chi connectivity index (χ1) is 11.3. The van der Waals surface area contributed by atoms with E-state index in [1.165, 1.54) is 0 Å². The molecular formula is C5H14O17P4. The number of hydrogen-bond acceptors (Lipinski definition) is 9. The van der Waals surface area contributed by atoms with E-state index in [0.717, 1.165) is 0 Å². The van der Waals surface area contributed by atoms with Gasteiger partial charge in [-0.2, -0.15) is 0 Å². The average Bonchev–Trinajstić information content (AvgIpc) is 2.49. The molecule has 1 rings (SSSR count). The van der Waals surface area contributed by atoms with Crippen LogP contribution in [0.25, 0.3) is 0 Å². The van der Waals surface area contributed by atoms with E-state index in [1.807, 2.05) is 0 Å². The van der Waals surface area contributed by atoms with E-state index in [9.17, 15) is 23.4 Å². The molecule has 26 heavy (non-hydrogen) atoms. The number of aliphatic hydroxyl groups is 1. The van der Waals surface area contributed by atoms with Gasteiger partial charge in [0.25, 0.3) is 0 Å². The highest BCUT2D eigenvalue weighted by atomic mass is 31.2. The molecule has 0 radical (unpaired) electrons. The van der Waals surface area contributed by atoms with Crippen molar-refractivity contribution < 1.29 is 80.6 Å². The predicted molar refractivity (Wildman–Crippen MR) is 73.7 cm³/mol. The van der Waals surface area contributed by atoms with Crippen LogP contribution in [0.3, 0.4) is 0 Å². The highest BCUT2D eigenvalue weighted by molar-refractivity contribution is 7.47. The number of phosphoric acid groups is 4. The number of hydrogen-bond donors (Lipinski definition) is 9. The van der Waals surface area contributed by atoms with Crippen molar-refractivity contribution in [1.82, 2.24) is 0 Å². The molecule has 1 fully saturated rings. The molecule has 0 aromatic carbocycles. The average molecular weight is 470 g/mol. The van der Waals surface area contributed by atoms with Gasteiger partial charge in [-0.25, -0.2) is 18.3 Å². The summed E-state index contributed by atoms with van der Waals surface area (Å²) in [5.41, 5.74) is 0. The van der Waals surface area contributed by atoms with Crippen molar-refractivity contribution in [3.8, 4) is 0 Å². The van der Waals surface area contributed by atoms with Crippen molar-refractivity contribution >= 4 is 31.3 Å². The minimum Gasteiger partial charge on any atom is -0.387 e. The van der Waals surface area contributed by atoms with Gasteiger partial charge in [0, 0.05) is 0 Å². The summed E-state index contributed by atoms with van der Waals surface area (Å²) in [6.45, 7) is 0. The summed E-state index contributed by atoms with van der Waals surface area (Å²) in [5.74, 6) is 0. The molecule has 156 valence electrons. The molecule has 17 nitrogen and oxygen atoms in total. The third kappa shape index (κ3) is 8.19. The van der Waals surface area contributed by atoms with Gasteiger partial charge in [-0.1, -0.05) is 0 Å². The SMILES string of the molecule is O=P(O)(O)O[C@@H]1[C@@H](OP(=O)(O)O)[C@@H](OP(=O)(O)O)C(O)[C@H]1OP(=O)(O)O. The molecule has 0 aromatic heterocycles. The van der Waals surface area contributed by atoms with Gasteiger partial charge in [0.2, 0.25) is 0 Å². The topological polar surface area (TPSA) is 287 Å². The van der Waals surface area contributed by atoms with Crippen LogP contribution in [-0.4, -0.2) is 74.8 Å². The highest BCUT2D eigenvalue weighted by Crippen LogP contribution is 2.53. The lowest BCUT2D eigenvalue weighted by atomic mass is 10.2. The third-order valence-electron chi connectivity index (χ3n) is 2.68. The van der Waals surface area contributed by atoms with E-state index in [-0.39, 0.29) is 0 Å². The summed E-state index contributed by atoms with van der Waals surface area (Å²) in [7, 11) is -22.1. The zero-order valence-corrected chi connectivity index (χ0v) is 15.5. The summed E-state index contributed by atoms with van der Waals surface area (Å²) in [6, 6.07) is 0. The molecule has 0 aromatic rings. The van der Waals surface area contributed by atoms with Gasteiger partial charge in [0.15, 0.2) is 0 Å². The second-order valence-corrected chi connectivity index (χ2v) is 9.50. The Balaban J connectivity index is 3.39. The number of phosphoric ester groups is 4. The van der Waals surface area contributed by atoms with Crippen LogP contribution in [-0.2, 0) is 36.4 Å². The lowest BCUT2D eigenvalue weighted by Gasteiger charge is -2.26. The van der Waals surface area contributed by atoms with Crippen LogP contribution in [0.1, 0.15) is 0 Å². The molecule has 1 saturated carbocycles. The zero-order chi connectivity index (χ0) is 20.7. The van der Waals surface area contributed by atoms with Crippen molar-refractivity contribution in [2.24, 2.45) is 0 Å². The fourth-order valence-corrected chi connectivity index (χ4v) is 4.31. The minimum atomic E-state index is -5.55. The first-order valence-electron chi connectivity index (χ1n) is 5.93. The van der Waals surface area contributed by atoms with Gasteiger partial charge in [-0.3, -0.25) is 18.1 Å². The Hall–Kier alpha value is 0.400. The Kier molecular flexibility index (Phi) is 7.55. The second kappa shape index (κ2) is 8.03. The lowest BCUT2D eigenvalue weighted by molar-refractivity contribution is -0.0383. The van der Waals surface area contributed by atoms with E-state index in [2.05, 4.69) is 18.1 Å². The summed E-state index contributed by atoms with van der Waals surface area (Å²) < 4.78 is 60.1. The van der Waals surface area contributed by atoms with Crippen LogP contribution in [0.5, 0.6) is 0 Å². The molecule has 9 N–H and O–H groups in total. The number of aliphatic hydroxyl groups excluding tert-OH is 1. The van der Waals surface area contributed by atoms with Gasteiger partial charge in [0.1, 0.15) is 30.5 Å². The van der Waals surface area contributed by atoms with E-state index in [4.69, 9.17) is 39.1 Å². The monoisotopic (exact) mass is 470 g/mol. The summed E-state index contributed by atoms with van der Waals surface area (Å²) >= 11 is 0. The second-order valence-electron chi connectivity index (χ2n) is 4.73. The molecule has 0 heterocycles. The van der Waals surface area contributed by atoms with Crippen LogP contribution >= 0.6 is 31.3 Å². The van der Waals surface area contributed by atoms with Crippen molar-refractivity contribution in [2.75, 3.05) is 0 Å². The summed E-state index contributed by atoms with van der Waals surface area (Å²) in [5, 5.41) is 9.91. The van der Waals surface area contributed by atoms with Crippen LogP contribution in [0.4, 0.5) is 0 Å². The van der Waals surface area contributed by atoms with Crippen LogP contribution in [0.2, 0.25) is 0 Å². The molecule has 1 unspecified atom stereocenters. The standard InChI is InChI=1S/C5H14O17P4/c6-1-2(19-23(7,8)9)4(21-25(13,14)15)5(22-26(16,17)18)3(1)20-24(10,11)12/h1-6H,(H2,7,8,9)(H2,10,11,12)(H2,13,14,15)(H2,16,17,18)/t1?,2-,3+,4-,5-/m0/s1. The van der Waals surface area contributed by atoms with Crippen LogP contribution < -0.4 is 0 Å². The van der Waals surface area contributed by atoms with Crippen molar-refractivity contribution in [2.45, 2.75) is 30.5 Å². The van der Waals surface area contributed by atoms with Gasteiger partial charge in [-0.15, -0.1) is 0 Å². The molecular weight excluding hydrogens is 456 g/mol. The third-order valence-corrected chi connectivity index (χ3v) is 4.75. The molecule has 5 atom stereocenters. The largest absolute Gasteiger partial charge is 0.470 e. The van der Waals surface area contributed by atoms with E-state index in [0.29, 0.717) is 0 Å². The zero-order valence-electron chi connectivity index (χ0n) is 12.0. The number of rotatable bonds is 8. The first-order valence-corrected chi connectivity index (χ1v) is 12.0. The highest BCUT2D eigenvalue weighted by Gasteiger charge is 2.60. The Morgan fingerprint density at radius 2 is 0.654 bits per heavy atom. The van der Waals surface area contributed by atoms with Gasteiger partial charge in [-0.05, 0) is 0 Å². The lowest BCUT2D eigenvalue weighted by Crippen LogP contribution is -2.37. The molecule has 0 amide bonds. The Labute approximate surface area is 143 Å². The van der Waals surface area contributed by atoms with Gasteiger partial charge in [0.05, 0.1) is 0 Å². The Bertz CT molecular complexity index is 621. The fraction of sp³-hybridized carbons (Fsp3) is 1.00. The first kappa shape index (κ1) is 24.4. The summed E-state index contributed by atoms with van der Waals surface area (Å²) in [6.07, 6.45) is -12.5. The molecule has 1 aliphatic carbocycles. The maximum absolute atomic E-state index is 11.0. The molecule has 0 spiro atoms. The normalized spacial score (nSPS) is 31.3. The maximum atomic E-state index is 11.0. The quantitative estimate of drug-likeness (QED) is 0.163. The van der Waals surface area contributed by atoms with E-state index < -0.39 is 61.8 Å². The fourth-order valence-electron chi connectivity index (χ4n) is 2.07. The van der Waals surface area contributed by atoms with Crippen molar-refractivity contribution in [1.29, 1.82) is 0 Å². The van der Waals surface area contributed by atoms with Crippen molar-refractivity contribution in [3.05, 3.63) is 0 Å². The van der Waals surface area contributed by atoms with Crippen LogP contribution in [0, 0.1) is 0 Å². The van der Waals surface area contributed by atoms with Gasteiger partial charge < -0.3 is 44.3 Å². The Morgan fingerprint density at radius 1 is 0.462 bits per heavy atom. The minimum absolute atomic E-state index is 2.48. The molecule has 0 aliphatic heterocycles. The maximum Gasteiger partial charge on any atom is 0.470 e. The van der Waals surface area contributed by atoms with E-state index in [1.54, 1.807) is 0 Å².